The van der Waals surface area contributed by atoms with Crippen molar-refractivity contribution in [3.63, 3.8) is 0 Å². The van der Waals surface area contributed by atoms with Crippen LogP contribution in [0, 0.1) is 6.92 Å². The molecule has 74 valence electrons. The lowest BCUT2D eigenvalue weighted by Gasteiger charge is -2.17. The number of hydrogen-bond donors (Lipinski definition) is 1. The van der Waals surface area contributed by atoms with Crippen LogP contribution in [-0.2, 0) is 13.5 Å². The van der Waals surface area contributed by atoms with Crippen LogP contribution in [-0.4, -0.2) is 15.3 Å². The highest BCUT2D eigenvalue weighted by molar-refractivity contribution is 5.14. The molecule has 3 nitrogen and oxygen atoms in total. The molecule has 0 aliphatic heterocycles. The average molecular weight is 181 g/mol. The summed E-state index contributed by atoms with van der Waals surface area (Å²) in [5.41, 5.74) is 8.24. The predicted octanol–water partition coefficient (Wildman–Crippen LogP) is 1.40. The zero-order valence-corrected chi connectivity index (χ0v) is 8.96. The number of aromatic nitrogens is 2. The molecule has 0 bridgehead atoms. The van der Waals surface area contributed by atoms with Gasteiger partial charge in [-0.1, -0.05) is 0 Å². The maximum absolute atomic E-state index is 5.91. The van der Waals surface area contributed by atoms with E-state index in [1.54, 1.807) is 0 Å². The van der Waals surface area contributed by atoms with Crippen molar-refractivity contribution in [2.45, 2.75) is 39.2 Å². The maximum Gasteiger partial charge on any atom is 0.0654 e. The Kier molecular flexibility index (Phi) is 2.76. The summed E-state index contributed by atoms with van der Waals surface area (Å²) in [6, 6.07) is 0. The molecule has 13 heavy (non-hydrogen) atoms. The minimum absolute atomic E-state index is 0.0933. The second-order valence-electron chi connectivity index (χ2n) is 4.42. The lowest BCUT2D eigenvalue weighted by Crippen LogP contribution is -2.32. The van der Waals surface area contributed by atoms with Crippen LogP contribution in [0.3, 0.4) is 0 Å². The number of nitrogens with two attached hydrogens (primary N) is 1. The third-order valence-electron chi connectivity index (χ3n) is 2.12. The molecule has 1 aromatic heterocycles. The minimum atomic E-state index is -0.0933. The molecule has 0 spiro atoms. The van der Waals surface area contributed by atoms with Gasteiger partial charge in [-0.15, -0.1) is 0 Å². The SMILES string of the molecule is Cc1cn(C)nc1CCC(C)(C)N. The fraction of sp³-hybridized carbons (Fsp3) is 0.700. The van der Waals surface area contributed by atoms with Crippen molar-refractivity contribution >= 4 is 0 Å². The Hall–Kier alpha value is -0.830. The van der Waals surface area contributed by atoms with Crippen molar-refractivity contribution in [3.8, 4) is 0 Å². The molecular weight excluding hydrogens is 162 g/mol. The number of nitrogens with zero attached hydrogens (tertiary/aromatic N) is 2. The highest BCUT2D eigenvalue weighted by Gasteiger charge is 2.12. The summed E-state index contributed by atoms with van der Waals surface area (Å²) >= 11 is 0. The molecule has 0 unspecified atom stereocenters. The smallest absolute Gasteiger partial charge is 0.0654 e. The molecule has 0 saturated carbocycles. The minimum Gasteiger partial charge on any atom is -0.326 e. The van der Waals surface area contributed by atoms with Crippen molar-refractivity contribution in [1.29, 1.82) is 0 Å². The van der Waals surface area contributed by atoms with Crippen LogP contribution < -0.4 is 5.73 Å². The molecule has 0 aliphatic rings. The van der Waals surface area contributed by atoms with E-state index in [1.807, 2.05) is 31.8 Å². The van der Waals surface area contributed by atoms with Gasteiger partial charge in [-0.2, -0.15) is 5.10 Å². The summed E-state index contributed by atoms with van der Waals surface area (Å²) in [5.74, 6) is 0. The first-order chi connectivity index (χ1) is 5.88. The van der Waals surface area contributed by atoms with Gasteiger partial charge in [0.1, 0.15) is 0 Å². The summed E-state index contributed by atoms with van der Waals surface area (Å²) in [5, 5.41) is 4.37. The van der Waals surface area contributed by atoms with Crippen LogP contribution in [0.15, 0.2) is 6.20 Å². The van der Waals surface area contributed by atoms with E-state index in [-0.39, 0.29) is 5.54 Å². The first-order valence-corrected chi connectivity index (χ1v) is 4.66. The van der Waals surface area contributed by atoms with E-state index in [0.717, 1.165) is 12.8 Å². The maximum atomic E-state index is 5.91. The molecule has 1 heterocycles. The van der Waals surface area contributed by atoms with E-state index < -0.39 is 0 Å². The van der Waals surface area contributed by atoms with Crippen LogP contribution in [0.5, 0.6) is 0 Å². The molecule has 0 atom stereocenters. The van der Waals surface area contributed by atoms with Gasteiger partial charge in [0.05, 0.1) is 5.69 Å². The zero-order chi connectivity index (χ0) is 10.1. The Morgan fingerprint density at radius 3 is 2.54 bits per heavy atom. The highest BCUT2D eigenvalue weighted by atomic mass is 15.2. The summed E-state index contributed by atoms with van der Waals surface area (Å²) in [6.07, 6.45) is 3.99. The van der Waals surface area contributed by atoms with Crippen molar-refractivity contribution < 1.29 is 0 Å². The summed E-state index contributed by atoms with van der Waals surface area (Å²) in [7, 11) is 1.95. The lowest BCUT2D eigenvalue weighted by molar-refractivity contribution is 0.472. The first kappa shape index (κ1) is 10.3. The second-order valence-corrected chi connectivity index (χ2v) is 4.42. The fourth-order valence-corrected chi connectivity index (χ4v) is 1.34. The van der Waals surface area contributed by atoms with E-state index in [4.69, 9.17) is 5.73 Å². The number of hydrogen-bond acceptors (Lipinski definition) is 2. The Morgan fingerprint density at radius 2 is 2.15 bits per heavy atom. The van der Waals surface area contributed by atoms with Crippen molar-refractivity contribution in [2.24, 2.45) is 12.8 Å². The lowest BCUT2D eigenvalue weighted by atomic mass is 9.98. The number of aryl methyl sites for hydroxylation is 3. The van der Waals surface area contributed by atoms with Gasteiger partial charge in [-0.05, 0) is 39.2 Å². The summed E-state index contributed by atoms with van der Waals surface area (Å²) in [6.45, 7) is 6.18. The van der Waals surface area contributed by atoms with Crippen LogP contribution >= 0.6 is 0 Å². The third kappa shape index (κ3) is 3.19. The fourth-order valence-electron chi connectivity index (χ4n) is 1.34. The third-order valence-corrected chi connectivity index (χ3v) is 2.12. The van der Waals surface area contributed by atoms with Gasteiger partial charge >= 0.3 is 0 Å². The van der Waals surface area contributed by atoms with Gasteiger partial charge in [0.2, 0.25) is 0 Å². The van der Waals surface area contributed by atoms with Crippen molar-refractivity contribution in [1.82, 2.24) is 9.78 Å². The molecule has 0 amide bonds. The van der Waals surface area contributed by atoms with Gasteiger partial charge in [0.15, 0.2) is 0 Å². The molecule has 0 fully saturated rings. The predicted molar refractivity (Wildman–Crippen MR) is 54.5 cm³/mol. The van der Waals surface area contributed by atoms with Crippen LogP contribution in [0.25, 0.3) is 0 Å². The Balaban J connectivity index is 2.59. The molecule has 0 aromatic carbocycles. The molecule has 3 heteroatoms. The van der Waals surface area contributed by atoms with Crippen LogP contribution in [0.2, 0.25) is 0 Å². The van der Waals surface area contributed by atoms with Crippen LogP contribution in [0.1, 0.15) is 31.5 Å². The largest absolute Gasteiger partial charge is 0.326 e. The second kappa shape index (κ2) is 3.50. The van der Waals surface area contributed by atoms with Gasteiger partial charge < -0.3 is 5.73 Å². The number of rotatable bonds is 3. The van der Waals surface area contributed by atoms with E-state index in [0.29, 0.717) is 0 Å². The van der Waals surface area contributed by atoms with E-state index in [9.17, 15) is 0 Å². The zero-order valence-electron chi connectivity index (χ0n) is 8.96. The average Bonchev–Trinajstić information content (AvgIpc) is 2.24. The molecule has 0 radical (unpaired) electrons. The molecule has 0 saturated heterocycles. The van der Waals surface area contributed by atoms with E-state index in [1.165, 1.54) is 11.3 Å². The quantitative estimate of drug-likeness (QED) is 0.766. The van der Waals surface area contributed by atoms with E-state index in [2.05, 4.69) is 12.0 Å². The molecular formula is C10H19N3. The standard InChI is InChI=1S/C10H19N3/c1-8-7-13(4)12-9(8)5-6-10(2,3)11/h7H,5-6,11H2,1-4H3. The highest BCUT2D eigenvalue weighted by Crippen LogP contribution is 2.12. The topological polar surface area (TPSA) is 43.8 Å². The summed E-state index contributed by atoms with van der Waals surface area (Å²) in [4.78, 5) is 0. The van der Waals surface area contributed by atoms with Crippen LogP contribution in [0.4, 0.5) is 0 Å². The van der Waals surface area contributed by atoms with Gasteiger partial charge in [0, 0.05) is 18.8 Å². The van der Waals surface area contributed by atoms with Gasteiger partial charge in [-0.25, -0.2) is 0 Å². The van der Waals surface area contributed by atoms with Crippen molar-refractivity contribution in [3.05, 3.63) is 17.5 Å². The Bertz CT molecular complexity index is 281. The van der Waals surface area contributed by atoms with E-state index >= 15 is 0 Å². The first-order valence-electron chi connectivity index (χ1n) is 4.66. The molecule has 2 N–H and O–H groups in total. The monoisotopic (exact) mass is 181 g/mol. The Morgan fingerprint density at radius 1 is 1.54 bits per heavy atom. The van der Waals surface area contributed by atoms with Crippen molar-refractivity contribution in [2.75, 3.05) is 0 Å². The molecule has 1 rings (SSSR count). The normalized spacial score (nSPS) is 12.1. The van der Waals surface area contributed by atoms with Gasteiger partial charge in [-0.3, -0.25) is 4.68 Å². The molecule has 0 aliphatic carbocycles. The van der Waals surface area contributed by atoms with Gasteiger partial charge in [0.25, 0.3) is 0 Å². The molecule has 1 aromatic rings. The summed E-state index contributed by atoms with van der Waals surface area (Å²) < 4.78 is 1.86. The Labute approximate surface area is 79.9 Å².